The lowest BCUT2D eigenvalue weighted by Gasteiger charge is -2.14. The molecule has 1 amide bonds. The van der Waals surface area contributed by atoms with Gasteiger partial charge in [0.05, 0.1) is 6.04 Å². The standard InChI is InChI=1S/C15H17NO2/c1-11(16-15(17)10-18-2)13-8-7-12-5-3-4-6-14(12)9-13/h3-9,11H,10H2,1-2H3,(H,16,17)/t11-/m1/s1. The molecule has 0 aliphatic heterocycles. The number of amides is 1. The Hall–Kier alpha value is -1.87. The van der Waals surface area contributed by atoms with Crippen molar-refractivity contribution < 1.29 is 9.53 Å². The van der Waals surface area contributed by atoms with Gasteiger partial charge in [0.25, 0.3) is 0 Å². The third-order valence-electron chi connectivity index (χ3n) is 2.93. The molecular formula is C15H17NO2. The van der Waals surface area contributed by atoms with E-state index >= 15 is 0 Å². The smallest absolute Gasteiger partial charge is 0.246 e. The topological polar surface area (TPSA) is 38.3 Å². The van der Waals surface area contributed by atoms with E-state index in [0.717, 1.165) is 5.56 Å². The molecule has 18 heavy (non-hydrogen) atoms. The number of hydrogen-bond donors (Lipinski definition) is 1. The van der Waals surface area contributed by atoms with Gasteiger partial charge in [-0.25, -0.2) is 0 Å². The van der Waals surface area contributed by atoms with Crippen molar-refractivity contribution in [2.45, 2.75) is 13.0 Å². The lowest BCUT2D eigenvalue weighted by molar-refractivity contribution is -0.125. The van der Waals surface area contributed by atoms with E-state index in [1.807, 2.05) is 25.1 Å². The minimum Gasteiger partial charge on any atom is -0.375 e. The average molecular weight is 243 g/mol. The first-order valence-electron chi connectivity index (χ1n) is 5.97. The van der Waals surface area contributed by atoms with Crippen LogP contribution in [-0.2, 0) is 9.53 Å². The van der Waals surface area contributed by atoms with E-state index in [1.54, 1.807) is 0 Å². The third kappa shape index (κ3) is 2.87. The van der Waals surface area contributed by atoms with Crippen LogP contribution in [0.5, 0.6) is 0 Å². The Morgan fingerprint density at radius 3 is 2.67 bits per heavy atom. The molecule has 94 valence electrons. The van der Waals surface area contributed by atoms with Crippen molar-refractivity contribution in [2.24, 2.45) is 0 Å². The Bertz CT molecular complexity index is 551. The third-order valence-corrected chi connectivity index (χ3v) is 2.93. The van der Waals surface area contributed by atoms with E-state index in [0.29, 0.717) is 0 Å². The van der Waals surface area contributed by atoms with Crippen molar-refractivity contribution in [3.8, 4) is 0 Å². The molecule has 0 saturated carbocycles. The molecule has 3 nitrogen and oxygen atoms in total. The summed E-state index contributed by atoms with van der Waals surface area (Å²) in [7, 11) is 1.51. The molecule has 1 atom stereocenters. The van der Waals surface area contributed by atoms with E-state index in [4.69, 9.17) is 4.74 Å². The number of rotatable bonds is 4. The summed E-state index contributed by atoms with van der Waals surface area (Å²) in [6.45, 7) is 2.07. The van der Waals surface area contributed by atoms with E-state index in [2.05, 4.69) is 29.6 Å². The van der Waals surface area contributed by atoms with Gasteiger partial charge in [-0.2, -0.15) is 0 Å². The van der Waals surface area contributed by atoms with Gasteiger partial charge in [-0.1, -0.05) is 36.4 Å². The molecule has 0 aliphatic rings. The normalized spacial score (nSPS) is 12.3. The molecule has 1 N–H and O–H groups in total. The lowest BCUT2D eigenvalue weighted by atomic mass is 10.0. The molecule has 2 aromatic rings. The Labute approximate surface area is 107 Å². The van der Waals surface area contributed by atoms with Gasteiger partial charge in [-0.15, -0.1) is 0 Å². The van der Waals surface area contributed by atoms with Crippen molar-refractivity contribution in [1.29, 1.82) is 0 Å². The van der Waals surface area contributed by atoms with Crippen LogP contribution in [0.1, 0.15) is 18.5 Å². The highest BCUT2D eigenvalue weighted by molar-refractivity contribution is 5.83. The van der Waals surface area contributed by atoms with Crippen molar-refractivity contribution >= 4 is 16.7 Å². The first-order valence-corrected chi connectivity index (χ1v) is 5.97. The SMILES string of the molecule is COCC(=O)N[C@H](C)c1ccc2ccccc2c1. The van der Waals surface area contributed by atoms with Crippen molar-refractivity contribution in [2.75, 3.05) is 13.7 Å². The van der Waals surface area contributed by atoms with Crippen LogP contribution in [-0.4, -0.2) is 19.6 Å². The summed E-state index contributed by atoms with van der Waals surface area (Å²) in [5, 5.41) is 5.29. The van der Waals surface area contributed by atoms with Crippen molar-refractivity contribution in [3.63, 3.8) is 0 Å². The van der Waals surface area contributed by atoms with Crippen LogP contribution < -0.4 is 5.32 Å². The van der Waals surface area contributed by atoms with Gasteiger partial charge in [0.2, 0.25) is 5.91 Å². The van der Waals surface area contributed by atoms with Gasteiger partial charge in [0.1, 0.15) is 6.61 Å². The highest BCUT2D eigenvalue weighted by Gasteiger charge is 2.09. The number of nitrogens with one attached hydrogen (secondary N) is 1. The molecule has 2 aromatic carbocycles. The quantitative estimate of drug-likeness (QED) is 0.896. The summed E-state index contributed by atoms with van der Waals surface area (Å²) >= 11 is 0. The van der Waals surface area contributed by atoms with Crippen LogP contribution in [0.4, 0.5) is 0 Å². The Morgan fingerprint density at radius 2 is 1.94 bits per heavy atom. The monoisotopic (exact) mass is 243 g/mol. The molecule has 2 rings (SSSR count). The Morgan fingerprint density at radius 1 is 1.22 bits per heavy atom. The van der Waals surface area contributed by atoms with Crippen LogP contribution in [0.3, 0.4) is 0 Å². The fourth-order valence-electron chi connectivity index (χ4n) is 1.97. The van der Waals surface area contributed by atoms with Crippen LogP contribution in [0.2, 0.25) is 0 Å². The molecule has 0 aromatic heterocycles. The van der Waals surface area contributed by atoms with Gasteiger partial charge < -0.3 is 10.1 Å². The number of carbonyl (C=O) groups is 1. The number of methoxy groups -OCH3 is 1. The first kappa shape index (κ1) is 12.6. The van der Waals surface area contributed by atoms with Gasteiger partial charge in [-0.05, 0) is 29.3 Å². The second kappa shape index (κ2) is 5.65. The van der Waals surface area contributed by atoms with Crippen molar-refractivity contribution in [3.05, 3.63) is 48.0 Å². The molecule has 0 heterocycles. The van der Waals surface area contributed by atoms with E-state index in [9.17, 15) is 4.79 Å². The molecule has 0 bridgehead atoms. The van der Waals surface area contributed by atoms with Gasteiger partial charge >= 0.3 is 0 Å². The van der Waals surface area contributed by atoms with Gasteiger partial charge in [0.15, 0.2) is 0 Å². The predicted molar refractivity (Wildman–Crippen MR) is 72.4 cm³/mol. The number of ether oxygens (including phenoxy) is 1. The zero-order valence-corrected chi connectivity index (χ0v) is 10.6. The maximum Gasteiger partial charge on any atom is 0.246 e. The fraction of sp³-hybridized carbons (Fsp3) is 0.267. The van der Waals surface area contributed by atoms with Crippen LogP contribution in [0.25, 0.3) is 10.8 Å². The molecule has 0 fully saturated rings. The molecular weight excluding hydrogens is 226 g/mol. The number of fused-ring (bicyclic) bond motifs is 1. The molecule has 0 unspecified atom stereocenters. The minimum atomic E-state index is -0.0989. The molecule has 0 saturated heterocycles. The molecule has 0 radical (unpaired) electrons. The van der Waals surface area contributed by atoms with Gasteiger partial charge in [-0.3, -0.25) is 4.79 Å². The van der Waals surface area contributed by atoms with Crippen LogP contribution >= 0.6 is 0 Å². The second-order valence-electron chi connectivity index (χ2n) is 4.33. The number of carbonyl (C=O) groups excluding carboxylic acids is 1. The number of benzene rings is 2. The van der Waals surface area contributed by atoms with E-state index in [-0.39, 0.29) is 18.6 Å². The minimum absolute atomic E-state index is 0.0164. The van der Waals surface area contributed by atoms with Crippen LogP contribution in [0, 0.1) is 0 Å². The first-order chi connectivity index (χ1) is 8.70. The molecule has 0 aliphatic carbocycles. The Balaban J connectivity index is 2.17. The predicted octanol–water partition coefficient (Wildman–Crippen LogP) is 2.66. The Kier molecular flexibility index (Phi) is 3.95. The summed E-state index contributed by atoms with van der Waals surface area (Å²) in [6.07, 6.45) is 0. The highest BCUT2D eigenvalue weighted by atomic mass is 16.5. The fourth-order valence-corrected chi connectivity index (χ4v) is 1.97. The highest BCUT2D eigenvalue weighted by Crippen LogP contribution is 2.20. The zero-order valence-electron chi connectivity index (χ0n) is 10.6. The van der Waals surface area contributed by atoms with E-state index < -0.39 is 0 Å². The van der Waals surface area contributed by atoms with Gasteiger partial charge in [0, 0.05) is 7.11 Å². The van der Waals surface area contributed by atoms with Crippen LogP contribution in [0.15, 0.2) is 42.5 Å². The molecule has 3 heteroatoms. The summed E-state index contributed by atoms with van der Waals surface area (Å²) in [5.41, 5.74) is 1.10. The van der Waals surface area contributed by atoms with E-state index in [1.165, 1.54) is 17.9 Å². The van der Waals surface area contributed by atoms with Crippen molar-refractivity contribution in [1.82, 2.24) is 5.32 Å². The number of hydrogen-bond acceptors (Lipinski definition) is 2. The second-order valence-corrected chi connectivity index (χ2v) is 4.33. The molecule has 0 spiro atoms. The maximum atomic E-state index is 11.5. The average Bonchev–Trinajstić information content (AvgIpc) is 2.38. The summed E-state index contributed by atoms with van der Waals surface area (Å²) < 4.78 is 4.80. The maximum absolute atomic E-state index is 11.5. The summed E-state index contributed by atoms with van der Waals surface area (Å²) in [5.74, 6) is -0.0989. The summed E-state index contributed by atoms with van der Waals surface area (Å²) in [6, 6.07) is 14.4. The zero-order chi connectivity index (χ0) is 13.0. The summed E-state index contributed by atoms with van der Waals surface area (Å²) in [4.78, 5) is 11.5. The largest absolute Gasteiger partial charge is 0.375 e. The lowest BCUT2D eigenvalue weighted by Crippen LogP contribution is -2.29.